The van der Waals surface area contributed by atoms with Gasteiger partial charge in [0.05, 0.1) is 24.1 Å². The van der Waals surface area contributed by atoms with E-state index < -0.39 is 6.09 Å². The van der Waals surface area contributed by atoms with Gasteiger partial charge < -0.3 is 20.1 Å². The second-order valence-corrected chi connectivity index (χ2v) is 7.11. The lowest BCUT2D eigenvalue weighted by Gasteiger charge is -2.13. The fourth-order valence-electron chi connectivity index (χ4n) is 3.42. The largest absolute Gasteiger partial charge is 0.497 e. The highest BCUT2D eigenvalue weighted by Gasteiger charge is 2.27. The van der Waals surface area contributed by atoms with E-state index in [0.29, 0.717) is 36.1 Å². The number of carbonyl (C=O) groups is 1. The van der Waals surface area contributed by atoms with Gasteiger partial charge in [-0.2, -0.15) is 5.10 Å². The SMILES string of the molecule is COc1ccc(Cn2nc(N[C@@H]3CCN(C(=O)O)C3)c3c(Cl)ccnc32)cc1. The van der Waals surface area contributed by atoms with Gasteiger partial charge in [-0.1, -0.05) is 23.7 Å². The average molecular weight is 402 g/mol. The maximum Gasteiger partial charge on any atom is 0.407 e. The number of rotatable bonds is 5. The van der Waals surface area contributed by atoms with Crippen LogP contribution in [0, 0.1) is 0 Å². The quantitative estimate of drug-likeness (QED) is 0.681. The predicted molar refractivity (Wildman–Crippen MR) is 106 cm³/mol. The number of benzene rings is 1. The van der Waals surface area contributed by atoms with Crippen LogP contribution in [0.25, 0.3) is 11.0 Å². The van der Waals surface area contributed by atoms with E-state index in [1.54, 1.807) is 24.1 Å². The fourth-order valence-corrected chi connectivity index (χ4v) is 3.65. The van der Waals surface area contributed by atoms with Crippen LogP contribution in [-0.2, 0) is 6.54 Å². The molecule has 3 aromatic rings. The van der Waals surface area contributed by atoms with Gasteiger partial charge in [-0.25, -0.2) is 14.5 Å². The van der Waals surface area contributed by atoms with Crippen LogP contribution in [0.3, 0.4) is 0 Å². The highest BCUT2D eigenvalue weighted by molar-refractivity contribution is 6.36. The lowest BCUT2D eigenvalue weighted by molar-refractivity contribution is 0.155. The molecule has 146 valence electrons. The van der Waals surface area contributed by atoms with Gasteiger partial charge in [0.2, 0.25) is 0 Å². The van der Waals surface area contributed by atoms with Gasteiger partial charge in [-0.3, -0.25) is 0 Å². The Hall–Kier alpha value is -3.00. The van der Waals surface area contributed by atoms with Crippen LogP contribution >= 0.6 is 11.6 Å². The lowest BCUT2D eigenvalue weighted by Crippen LogP contribution is -2.30. The van der Waals surface area contributed by atoms with Crippen molar-refractivity contribution in [2.75, 3.05) is 25.5 Å². The summed E-state index contributed by atoms with van der Waals surface area (Å²) in [6.07, 6.45) is 1.47. The van der Waals surface area contributed by atoms with Gasteiger partial charge in [0.15, 0.2) is 11.5 Å². The van der Waals surface area contributed by atoms with Gasteiger partial charge in [0, 0.05) is 25.3 Å². The number of hydrogen-bond acceptors (Lipinski definition) is 5. The summed E-state index contributed by atoms with van der Waals surface area (Å²) >= 11 is 6.43. The van der Waals surface area contributed by atoms with Gasteiger partial charge in [0.25, 0.3) is 0 Å². The van der Waals surface area contributed by atoms with Crippen LogP contribution in [0.4, 0.5) is 10.6 Å². The summed E-state index contributed by atoms with van der Waals surface area (Å²) in [7, 11) is 1.63. The smallest absolute Gasteiger partial charge is 0.407 e. The number of methoxy groups -OCH3 is 1. The number of nitrogens with one attached hydrogen (secondary N) is 1. The first-order chi connectivity index (χ1) is 13.5. The molecule has 1 atom stereocenters. The second kappa shape index (κ2) is 7.55. The molecule has 2 N–H and O–H groups in total. The average Bonchev–Trinajstić information content (AvgIpc) is 3.29. The zero-order chi connectivity index (χ0) is 19.7. The zero-order valence-electron chi connectivity index (χ0n) is 15.3. The van der Waals surface area contributed by atoms with E-state index in [1.165, 1.54) is 4.90 Å². The first-order valence-electron chi connectivity index (χ1n) is 8.93. The van der Waals surface area contributed by atoms with Crippen LogP contribution in [0.1, 0.15) is 12.0 Å². The molecule has 0 radical (unpaired) electrons. The number of carboxylic acid groups (broad SMARTS) is 1. The molecule has 1 aromatic carbocycles. The monoisotopic (exact) mass is 401 g/mol. The molecule has 0 saturated carbocycles. The standard InChI is InChI=1S/C19H20ClN5O3/c1-28-14-4-2-12(3-5-14)10-25-18-16(15(20)6-8-21-18)17(23-25)22-13-7-9-24(11-13)19(26)27/h2-6,8,13H,7,9-11H2,1H3,(H,22,23)(H,26,27)/t13-/m1/s1. The van der Waals surface area contributed by atoms with E-state index in [0.717, 1.165) is 23.1 Å². The van der Waals surface area contributed by atoms with Gasteiger partial charge in [-0.05, 0) is 30.2 Å². The molecule has 3 heterocycles. The summed E-state index contributed by atoms with van der Waals surface area (Å²) in [5.74, 6) is 1.42. The van der Waals surface area contributed by atoms with Crippen molar-refractivity contribution in [3.63, 3.8) is 0 Å². The Labute approximate surface area is 166 Å². The van der Waals surface area contributed by atoms with Crippen molar-refractivity contribution in [1.82, 2.24) is 19.7 Å². The predicted octanol–water partition coefficient (Wildman–Crippen LogP) is 3.31. The van der Waals surface area contributed by atoms with Crippen molar-refractivity contribution in [2.24, 2.45) is 0 Å². The van der Waals surface area contributed by atoms with Crippen molar-refractivity contribution in [2.45, 2.75) is 19.0 Å². The molecular weight excluding hydrogens is 382 g/mol. The maximum atomic E-state index is 11.2. The molecule has 1 amide bonds. The van der Waals surface area contributed by atoms with Gasteiger partial charge >= 0.3 is 6.09 Å². The van der Waals surface area contributed by atoms with E-state index in [2.05, 4.69) is 15.4 Å². The van der Waals surface area contributed by atoms with Crippen LogP contribution in [0.15, 0.2) is 36.5 Å². The third-order valence-electron chi connectivity index (χ3n) is 4.87. The number of amides is 1. The third-order valence-corrected chi connectivity index (χ3v) is 5.19. The molecule has 9 heteroatoms. The van der Waals surface area contributed by atoms with E-state index in [-0.39, 0.29) is 6.04 Å². The molecule has 0 aliphatic carbocycles. The minimum absolute atomic E-state index is 0.0140. The van der Waals surface area contributed by atoms with E-state index in [9.17, 15) is 4.79 Å². The van der Waals surface area contributed by atoms with Crippen LogP contribution in [0.5, 0.6) is 5.75 Å². The number of ether oxygens (including phenoxy) is 1. The number of anilines is 1. The minimum Gasteiger partial charge on any atom is -0.497 e. The van der Waals surface area contributed by atoms with Gasteiger partial charge in [0.1, 0.15) is 5.75 Å². The Balaban J connectivity index is 1.63. The summed E-state index contributed by atoms with van der Waals surface area (Å²) in [5.41, 5.74) is 1.73. The third kappa shape index (κ3) is 3.55. The zero-order valence-corrected chi connectivity index (χ0v) is 16.1. The summed E-state index contributed by atoms with van der Waals surface area (Å²) in [5, 5.41) is 18.5. The highest BCUT2D eigenvalue weighted by atomic mass is 35.5. The summed E-state index contributed by atoms with van der Waals surface area (Å²) in [6, 6.07) is 9.48. The molecule has 0 unspecified atom stereocenters. The number of fused-ring (bicyclic) bond motifs is 1. The maximum absolute atomic E-state index is 11.2. The first kappa shape index (κ1) is 18.4. The number of likely N-dealkylation sites (tertiary alicyclic amines) is 1. The number of halogens is 1. The molecule has 0 spiro atoms. The normalized spacial score (nSPS) is 16.5. The number of hydrogen-bond donors (Lipinski definition) is 2. The molecule has 1 saturated heterocycles. The Bertz CT molecular complexity index is 1000. The van der Waals surface area contributed by atoms with Crippen molar-refractivity contribution >= 4 is 34.5 Å². The highest BCUT2D eigenvalue weighted by Crippen LogP contribution is 2.30. The number of pyridine rings is 1. The molecule has 1 fully saturated rings. The van der Waals surface area contributed by atoms with Crippen LogP contribution in [0.2, 0.25) is 5.02 Å². The topological polar surface area (TPSA) is 92.5 Å². The van der Waals surface area contributed by atoms with E-state index in [1.807, 2.05) is 24.3 Å². The van der Waals surface area contributed by atoms with Crippen molar-refractivity contribution in [3.05, 3.63) is 47.1 Å². The first-order valence-corrected chi connectivity index (χ1v) is 9.31. The Morgan fingerprint density at radius 1 is 1.36 bits per heavy atom. The van der Waals surface area contributed by atoms with Crippen LogP contribution in [-0.4, -0.2) is 57.1 Å². The molecule has 0 bridgehead atoms. The summed E-state index contributed by atoms with van der Waals surface area (Å²) < 4.78 is 7.00. The minimum atomic E-state index is -0.904. The Kier molecular flexibility index (Phi) is 4.95. The van der Waals surface area contributed by atoms with Crippen molar-refractivity contribution in [1.29, 1.82) is 0 Å². The van der Waals surface area contributed by atoms with Crippen LogP contribution < -0.4 is 10.1 Å². The number of aromatic nitrogens is 3. The summed E-state index contributed by atoms with van der Waals surface area (Å²) in [6.45, 7) is 1.45. The molecule has 28 heavy (non-hydrogen) atoms. The molecule has 1 aliphatic heterocycles. The van der Waals surface area contributed by atoms with E-state index in [4.69, 9.17) is 21.4 Å². The van der Waals surface area contributed by atoms with Crippen molar-refractivity contribution in [3.8, 4) is 5.75 Å². The molecule has 2 aromatic heterocycles. The molecular formula is C19H20ClN5O3. The second-order valence-electron chi connectivity index (χ2n) is 6.70. The Morgan fingerprint density at radius 3 is 2.82 bits per heavy atom. The summed E-state index contributed by atoms with van der Waals surface area (Å²) in [4.78, 5) is 17.0. The molecule has 4 rings (SSSR count). The Morgan fingerprint density at radius 2 is 2.14 bits per heavy atom. The fraction of sp³-hybridized carbons (Fsp3) is 0.316. The van der Waals surface area contributed by atoms with E-state index >= 15 is 0 Å². The molecule has 1 aliphatic rings. The molecule has 8 nitrogen and oxygen atoms in total. The van der Waals surface area contributed by atoms with Crippen molar-refractivity contribution < 1.29 is 14.6 Å². The number of nitrogens with zero attached hydrogens (tertiary/aromatic N) is 4. The van der Waals surface area contributed by atoms with Gasteiger partial charge in [-0.15, -0.1) is 0 Å². The lowest BCUT2D eigenvalue weighted by atomic mass is 10.2.